The Morgan fingerprint density at radius 2 is 1.94 bits per heavy atom. The lowest BCUT2D eigenvalue weighted by molar-refractivity contribution is -0.122. The maximum atomic E-state index is 12.7. The Hall–Kier alpha value is -2.68. The number of hydrogen-bond donors (Lipinski definition) is 1. The van der Waals surface area contributed by atoms with E-state index in [0.717, 1.165) is 16.7 Å². The summed E-state index contributed by atoms with van der Waals surface area (Å²) >= 11 is 12.7. The highest BCUT2D eigenvalue weighted by molar-refractivity contribution is 8.18. The molecule has 0 aliphatic carbocycles. The second-order valence-corrected chi connectivity index (χ2v) is 8.39. The number of thioether (sulfide) groups is 1. The summed E-state index contributed by atoms with van der Waals surface area (Å²) in [5, 5.41) is 2.88. The molecule has 0 aromatic heterocycles. The van der Waals surface area contributed by atoms with Crippen molar-refractivity contribution in [1.29, 1.82) is 0 Å². The molecule has 2 aromatic carbocycles. The molecule has 32 heavy (non-hydrogen) atoms. The van der Waals surface area contributed by atoms with Gasteiger partial charge in [-0.3, -0.25) is 19.3 Å². The number of nitrogens with one attached hydrogen (secondary N) is 1. The molecule has 0 spiro atoms. The molecule has 2 aromatic rings. The Balaban J connectivity index is 1.64. The van der Waals surface area contributed by atoms with Gasteiger partial charge in [-0.2, -0.15) is 0 Å². The van der Waals surface area contributed by atoms with E-state index in [2.05, 4.69) is 5.32 Å². The topological polar surface area (TPSA) is 84.9 Å². The van der Waals surface area contributed by atoms with Crippen molar-refractivity contribution >= 4 is 58.1 Å². The molecule has 1 aliphatic heterocycles. The fourth-order valence-electron chi connectivity index (χ4n) is 2.94. The summed E-state index contributed by atoms with van der Waals surface area (Å²) in [5.74, 6) is 0.280. The van der Waals surface area contributed by atoms with Gasteiger partial charge in [-0.05, 0) is 60.7 Å². The van der Waals surface area contributed by atoms with Gasteiger partial charge in [0.1, 0.15) is 0 Å². The minimum atomic E-state index is -0.424. The lowest BCUT2D eigenvalue weighted by Gasteiger charge is -2.13. The van der Waals surface area contributed by atoms with E-state index in [1.807, 2.05) is 6.92 Å². The van der Waals surface area contributed by atoms with E-state index in [4.69, 9.17) is 32.7 Å². The van der Waals surface area contributed by atoms with Gasteiger partial charge < -0.3 is 14.8 Å². The van der Waals surface area contributed by atoms with Crippen LogP contribution in [0.4, 0.5) is 4.79 Å². The lowest BCUT2D eigenvalue weighted by Crippen LogP contribution is -2.37. The number of imide groups is 1. The van der Waals surface area contributed by atoms with Crippen molar-refractivity contribution in [2.75, 3.05) is 26.8 Å². The summed E-state index contributed by atoms with van der Waals surface area (Å²) in [7, 11) is 1.53. The van der Waals surface area contributed by atoms with Gasteiger partial charge in [-0.25, -0.2) is 0 Å². The number of rotatable bonds is 8. The van der Waals surface area contributed by atoms with Gasteiger partial charge in [0.15, 0.2) is 11.5 Å². The van der Waals surface area contributed by atoms with E-state index < -0.39 is 17.1 Å². The average Bonchev–Trinajstić information content (AvgIpc) is 3.02. The van der Waals surface area contributed by atoms with Crippen LogP contribution in [0.2, 0.25) is 10.0 Å². The van der Waals surface area contributed by atoms with Crippen molar-refractivity contribution in [3.8, 4) is 11.5 Å². The minimum absolute atomic E-state index is 0.0333. The van der Waals surface area contributed by atoms with Crippen LogP contribution in [0.3, 0.4) is 0 Å². The summed E-state index contributed by atoms with van der Waals surface area (Å²) in [5.41, 5.74) is 0.955. The number of nitrogens with zero attached hydrogens (tertiary/aromatic N) is 1. The van der Waals surface area contributed by atoms with Crippen LogP contribution in [0, 0.1) is 0 Å². The van der Waals surface area contributed by atoms with E-state index >= 15 is 0 Å². The number of carbonyl (C=O) groups excluding carboxylic acids is 3. The van der Waals surface area contributed by atoms with E-state index in [-0.39, 0.29) is 28.6 Å². The van der Waals surface area contributed by atoms with Crippen molar-refractivity contribution in [2.45, 2.75) is 6.92 Å². The minimum Gasteiger partial charge on any atom is -0.493 e. The molecule has 1 fully saturated rings. The second kappa shape index (κ2) is 10.8. The third-order valence-corrected chi connectivity index (χ3v) is 5.91. The predicted molar refractivity (Wildman–Crippen MR) is 126 cm³/mol. The SMILES string of the molecule is CCOc1ccc(/C=C2\SC(=O)N(CCNC(=O)c3ccc(Cl)cc3Cl)C2=O)cc1OC. The standard InChI is InChI=1S/C22H20Cl2N2O5S/c1-3-31-17-7-4-13(10-18(17)30-2)11-19-21(28)26(22(29)32-19)9-8-25-20(27)15-6-5-14(23)12-16(15)24/h4-7,10-12H,3,8-9H2,1-2H3,(H,25,27)/b19-11-. The first-order chi connectivity index (χ1) is 15.3. The number of methoxy groups -OCH3 is 1. The largest absolute Gasteiger partial charge is 0.493 e. The molecule has 1 N–H and O–H groups in total. The molecular weight excluding hydrogens is 475 g/mol. The second-order valence-electron chi connectivity index (χ2n) is 6.56. The first kappa shape index (κ1) is 24.0. The van der Waals surface area contributed by atoms with Gasteiger partial charge in [0.2, 0.25) is 0 Å². The Labute approximate surface area is 199 Å². The van der Waals surface area contributed by atoms with Crippen LogP contribution in [0.25, 0.3) is 6.08 Å². The molecule has 7 nitrogen and oxygen atoms in total. The number of halogens is 2. The quantitative estimate of drug-likeness (QED) is 0.527. The number of carbonyl (C=O) groups is 3. The van der Waals surface area contributed by atoms with E-state index in [1.165, 1.54) is 19.2 Å². The smallest absolute Gasteiger partial charge is 0.293 e. The molecule has 1 aliphatic rings. The summed E-state index contributed by atoms with van der Waals surface area (Å²) in [6.45, 7) is 2.48. The van der Waals surface area contributed by atoms with Crippen LogP contribution >= 0.6 is 35.0 Å². The maximum Gasteiger partial charge on any atom is 0.293 e. The predicted octanol–water partition coefficient (Wildman–Crippen LogP) is 4.87. The van der Waals surface area contributed by atoms with Crippen LogP contribution in [0.1, 0.15) is 22.8 Å². The van der Waals surface area contributed by atoms with Crippen LogP contribution in [-0.2, 0) is 4.79 Å². The molecule has 1 saturated heterocycles. The molecule has 168 valence electrons. The van der Waals surface area contributed by atoms with E-state index in [0.29, 0.717) is 28.7 Å². The highest BCUT2D eigenvalue weighted by atomic mass is 35.5. The van der Waals surface area contributed by atoms with Crippen LogP contribution in [0.15, 0.2) is 41.3 Å². The zero-order chi connectivity index (χ0) is 23.3. The van der Waals surface area contributed by atoms with Crippen LogP contribution in [-0.4, -0.2) is 48.8 Å². The van der Waals surface area contributed by atoms with Crippen molar-refractivity contribution in [1.82, 2.24) is 10.2 Å². The number of ether oxygens (including phenoxy) is 2. The summed E-state index contributed by atoms with van der Waals surface area (Å²) in [6.07, 6.45) is 1.62. The molecule has 0 radical (unpaired) electrons. The molecule has 0 atom stereocenters. The average molecular weight is 495 g/mol. The lowest BCUT2D eigenvalue weighted by atomic mass is 10.2. The third kappa shape index (κ3) is 5.56. The van der Waals surface area contributed by atoms with Gasteiger partial charge in [-0.1, -0.05) is 29.3 Å². The fourth-order valence-corrected chi connectivity index (χ4v) is 4.30. The molecular formula is C22H20Cl2N2O5S. The van der Waals surface area contributed by atoms with Crippen molar-refractivity contribution in [3.63, 3.8) is 0 Å². The summed E-state index contributed by atoms with van der Waals surface area (Å²) in [4.78, 5) is 38.7. The third-order valence-electron chi connectivity index (χ3n) is 4.46. The molecule has 0 bridgehead atoms. The maximum absolute atomic E-state index is 12.7. The normalized spacial score (nSPS) is 14.8. The number of benzene rings is 2. The zero-order valence-corrected chi connectivity index (χ0v) is 19.6. The molecule has 0 saturated carbocycles. The molecule has 3 rings (SSSR count). The van der Waals surface area contributed by atoms with Crippen LogP contribution in [0.5, 0.6) is 11.5 Å². The Kier molecular flexibility index (Phi) is 8.06. The Bertz CT molecular complexity index is 1090. The van der Waals surface area contributed by atoms with Gasteiger partial charge in [-0.15, -0.1) is 0 Å². The van der Waals surface area contributed by atoms with E-state index in [1.54, 1.807) is 30.3 Å². The Morgan fingerprint density at radius 1 is 1.16 bits per heavy atom. The first-order valence-corrected chi connectivity index (χ1v) is 11.2. The summed E-state index contributed by atoms with van der Waals surface area (Å²) in [6, 6.07) is 9.78. The monoisotopic (exact) mass is 494 g/mol. The fraction of sp³-hybridized carbons (Fsp3) is 0.227. The molecule has 0 unspecified atom stereocenters. The highest BCUT2D eigenvalue weighted by Crippen LogP contribution is 2.34. The van der Waals surface area contributed by atoms with Gasteiger partial charge in [0.25, 0.3) is 17.1 Å². The molecule has 1 heterocycles. The van der Waals surface area contributed by atoms with Crippen LogP contribution < -0.4 is 14.8 Å². The van der Waals surface area contributed by atoms with Gasteiger partial charge in [0, 0.05) is 18.1 Å². The van der Waals surface area contributed by atoms with Crippen molar-refractivity contribution in [3.05, 3.63) is 62.5 Å². The van der Waals surface area contributed by atoms with Crippen molar-refractivity contribution < 1.29 is 23.9 Å². The Morgan fingerprint density at radius 3 is 2.62 bits per heavy atom. The van der Waals surface area contributed by atoms with Gasteiger partial charge in [0.05, 0.1) is 29.2 Å². The number of hydrogen-bond acceptors (Lipinski definition) is 6. The van der Waals surface area contributed by atoms with Crippen molar-refractivity contribution in [2.24, 2.45) is 0 Å². The number of amides is 3. The van der Waals surface area contributed by atoms with E-state index in [9.17, 15) is 14.4 Å². The molecule has 3 amide bonds. The van der Waals surface area contributed by atoms with Gasteiger partial charge >= 0.3 is 0 Å². The summed E-state index contributed by atoms with van der Waals surface area (Å²) < 4.78 is 10.8. The zero-order valence-electron chi connectivity index (χ0n) is 17.3. The first-order valence-electron chi connectivity index (χ1n) is 9.63. The molecule has 10 heteroatoms. The highest BCUT2D eigenvalue weighted by Gasteiger charge is 2.34.